The molecule has 0 spiro atoms. The first kappa shape index (κ1) is 21.6. The maximum Gasteiger partial charge on any atom is 0.263 e. The molecule has 6 nitrogen and oxygen atoms in total. The van der Waals surface area contributed by atoms with E-state index < -0.39 is 0 Å². The van der Waals surface area contributed by atoms with Gasteiger partial charge in [0.15, 0.2) is 0 Å². The van der Waals surface area contributed by atoms with Gasteiger partial charge in [-0.05, 0) is 49.3 Å². The van der Waals surface area contributed by atoms with Crippen molar-refractivity contribution in [1.29, 1.82) is 0 Å². The van der Waals surface area contributed by atoms with Crippen molar-refractivity contribution < 1.29 is 9.59 Å². The first-order valence-corrected chi connectivity index (χ1v) is 9.43. The van der Waals surface area contributed by atoms with E-state index >= 15 is 0 Å². The van der Waals surface area contributed by atoms with Crippen LogP contribution in [-0.4, -0.2) is 34.9 Å². The predicted octanol–water partition coefficient (Wildman–Crippen LogP) is 3.25. The molecule has 2 amide bonds. The van der Waals surface area contributed by atoms with Crippen molar-refractivity contribution in [2.24, 2.45) is 0 Å². The van der Waals surface area contributed by atoms with Crippen LogP contribution in [0.3, 0.4) is 0 Å². The van der Waals surface area contributed by atoms with Crippen molar-refractivity contribution in [2.75, 3.05) is 5.32 Å². The van der Waals surface area contributed by atoms with E-state index in [9.17, 15) is 9.59 Å². The average molecular weight is 429 g/mol. The Hall–Kier alpha value is -1.67. The molecule has 2 aromatic heterocycles. The van der Waals surface area contributed by atoms with Crippen LogP contribution in [0.15, 0.2) is 36.0 Å². The van der Waals surface area contributed by atoms with Crippen LogP contribution in [0.2, 0.25) is 0 Å². The highest BCUT2D eigenvalue weighted by molar-refractivity contribution is 7.12. The van der Waals surface area contributed by atoms with Gasteiger partial charge in [0, 0.05) is 36.1 Å². The van der Waals surface area contributed by atoms with Crippen molar-refractivity contribution in [3.8, 4) is 0 Å². The lowest BCUT2D eigenvalue weighted by Crippen LogP contribution is -2.48. The Kier molecular flexibility index (Phi) is 7.61. The van der Waals surface area contributed by atoms with Crippen molar-refractivity contribution >= 4 is 53.7 Å². The number of amides is 2. The number of nitrogens with zero attached hydrogens (tertiary/aromatic N) is 1. The van der Waals surface area contributed by atoms with Crippen LogP contribution in [0.4, 0.5) is 5.69 Å². The minimum absolute atomic E-state index is 0. The molecular weight excluding hydrogens is 407 g/mol. The zero-order valence-electron chi connectivity index (χ0n) is 14.5. The molecule has 2 aliphatic heterocycles. The number of pyridine rings is 1. The maximum absolute atomic E-state index is 12.7. The molecule has 0 saturated carbocycles. The van der Waals surface area contributed by atoms with Crippen LogP contribution in [0.25, 0.3) is 0 Å². The fourth-order valence-electron chi connectivity index (χ4n) is 3.71. The summed E-state index contributed by atoms with van der Waals surface area (Å²) in [6.45, 7) is 0. The van der Waals surface area contributed by atoms with Gasteiger partial charge in [-0.25, -0.2) is 0 Å². The van der Waals surface area contributed by atoms with E-state index in [1.807, 2.05) is 5.38 Å². The minimum Gasteiger partial charge on any atom is -0.348 e. The van der Waals surface area contributed by atoms with Crippen LogP contribution in [0.5, 0.6) is 0 Å². The number of hydrogen-bond acceptors (Lipinski definition) is 5. The quantitative estimate of drug-likeness (QED) is 0.697. The third kappa shape index (κ3) is 4.99. The molecule has 2 bridgehead atoms. The number of carbonyl (C=O) groups excluding carboxylic acids is 2. The summed E-state index contributed by atoms with van der Waals surface area (Å²) in [7, 11) is 0. The molecule has 0 radical (unpaired) electrons. The number of nitrogens with one attached hydrogen (secondary N) is 3. The monoisotopic (exact) mass is 428 g/mol. The Bertz CT molecular complexity index is 775. The highest BCUT2D eigenvalue weighted by Gasteiger charge is 2.34. The Balaban J connectivity index is 0.00000131. The van der Waals surface area contributed by atoms with E-state index in [1.54, 1.807) is 30.6 Å². The molecule has 2 saturated heterocycles. The zero-order valence-corrected chi connectivity index (χ0v) is 17.0. The molecule has 4 heterocycles. The van der Waals surface area contributed by atoms with E-state index in [1.165, 1.54) is 24.2 Å². The number of rotatable bonds is 4. The molecule has 3 N–H and O–H groups in total. The second kappa shape index (κ2) is 9.50. The van der Waals surface area contributed by atoms with Gasteiger partial charge in [0.25, 0.3) is 11.8 Å². The van der Waals surface area contributed by atoms with Gasteiger partial charge < -0.3 is 16.0 Å². The molecule has 9 heteroatoms. The second-order valence-electron chi connectivity index (χ2n) is 6.63. The average Bonchev–Trinajstić information content (AvgIpc) is 3.22. The lowest BCUT2D eigenvalue weighted by molar-refractivity contribution is 0.0929. The number of piperidine rings is 1. The highest BCUT2D eigenvalue weighted by Crippen LogP contribution is 2.28. The van der Waals surface area contributed by atoms with Crippen LogP contribution < -0.4 is 16.0 Å². The molecule has 27 heavy (non-hydrogen) atoms. The lowest BCUT2D eigenvalue weighted by atomic mass is 10.00. The van der Waals surface area contributed by atoms with Gasteiger partial charge in [-0.15, -0.1) is 36.2 Å². The van der Waals surface area contributed by atoms with Gasteiger partial charge in [0.05, 0.1) is 5.69 Å². The Morgan fingerprint density at radius 3 is 2.37 bits per heavy atom. The normalized spacial score (nSPS) is 22.9. The highest BCUT2D eigenvalue weighted by atomic mass is 35.5. The molecule has 2 fully saturated rings. The molecule has 2 atom stereocenters. The molecule has 4 rings (SSSR count). The van der Waals surface area contributed by atoms with E-state index in [0.29, 0.717) is 28.2 Å². The van der Waals surface area contributed by atoms with Crippen LogP contribution in [-0.2, 0) is 0 Å². The summed E-state index contributed by atoms with van der Waals surface area (Å²) in [4.78, 5) is 29.4. The minimum atomic E-state index is -0.241. The van der Waals surface area contributed by atoms with Crippen molar-refractivity contribution in [3.05, 3.63) is 46.4 Å². The molecule has 0 aromatic carbocycles. The van der Waals surface area contributed by atoms with Gasteiger partial charge in [0.1, 0.15) is 4.88 Å². The van der Waals surface area contributed by atoms with Gasteiger partial charge in [-0.1, -0.05) is 0 Å². The molecule has 2 aromatic rings. The summed E-state index contributed by atoms with van der Waals surface area (Å²) in [6, 6.07) is 6.32. The van der Waals surface area contributed by atoms with E-state index in [4.69, 9.17) is 0 Å². The summed E-state index contributed by atoms with van der Waals surface area (Å²) in [6.07, 6.45) is 7.49. The summed E-state index contributed by atoms with van der Waals surface area (Å²) < 4.78 is 0. The van der Waals surface area contributed by atoms with Gasteiger partial charge >= 0.3 is 0 Å². The largest absolute Gasteiger partial charge is 0.348 e. The smallest absolute Gasteiger partial charge is 0.263 e. The number of thiophene rings is 1. The van der Waals surface area contributed by atoms with Gasteiger partial charge in [-0.2, -0.15) is 0 Å². The number of hydrogen-bond donors (Lipinski definition) is 3. The topological polar surface area (TPSA) is 83.1 Å². The first-order chi connectivity index (χ1) is 12.2. The maximum atomic E-state index is 12.7. The summed E-state index contributed by atoms with van der Waals surface area (Å²) in [5, 5.41) is 11.4. The number of aromatic nitrogens is 1. The van der Waals surface area contributed by atoms with Crippen LogP contribution in [0.1, 0.15) is 45.7 Å². The van der Waals surface area contributed by atoms with Crippen molar-refractivity contribution in [2.45, 2.75) is 43.8 Å². The zero-order chi connectivity index (χ0) is 17.2. The van der Waals surface area contributed by atoms with E-state index in [-0.39, 0.29) is 42.7 Å². The van der Waals surface area contributed by atoms with Gasteiger partial charge in [0.2, 0.25) is 0 Å². The standard InChI is InChI=1S/C18H20N4O2S.2ClH/c23-17(11-3-6-19-7-4-11)22-15-5-8-25-16(15)18(24)21-14-9-12-1-2-13(10-14)20-12;;/h3-8,12-14,20H,1-2,9-10H2,(H,21,24)(H,22,23);2*1H. The number of anilines is 1. The Morgan fingerprint density at radius 1 is 1.04 bits per heavy atom. The summed E-state index contributed by atoms with van der Waals surface area (Å²) in [5.74, 6) is -0.346. The van der Waals surface area contributed by atoms with Crippen molar-refractivity contribution in [3.63, 3.8) is 0 Å². The Labute approximate surface area is 174 Å². The Morgan fingerprint density at radius 2 is 1.70 bits per heavy atom. The van der Waals surface area contributed by atoms with Crippen molar-refractivity contribution in [1.82, 2.24) is 15.6 Å². The molecule has 2 aliphatic rings. The van der Waals surface area contributed by atoms with E-state index in [2.05, 4.69) is 20.9 Å². The lowest BCUT2D eigenvalue weighted by Gasteiger charge is -2.29. The fraction of sp³-hybridized carbons (Fsp3) is 0.389. The fourth-order valence-corrected chi connectivity index (χ4v) is 4.46. The third-order valence-corrected chi connectivity index (χ3v) is 5.78. The molecule has 0 aliphatic carbocycles. The molecule has 2 unspecified atom stereocenters. The number of halogens is 2. The van der Waals surface area contributed by atoms with Crippen LogP contribution >= 0.6 is 36.2 Å². The molecular formula is C18H22Cl2N4O2S. The summed E-state index contributed by atoms with van der Waals surface area (Å²) >= 11 is 1.35. The first-order valence-electron chi connectivity index (χ1n) is 8.55. The number of carbonyl (C=O) groups is 2. The molecule has 146 valence electrons. The third-order valence-electron chi connectivity index (χ3n) is 4.87. The summed E-state index contributed by atoms with van der Waals surface area (Å²) in [5.41, 5.74) is 1.07. The van der Waals surface area contributed by atoms with Crippen LogP contribution in [0, 0.1) is 0 Å². The van der Waals surface area contributed by atoms with E-state index in [0.717, 1.165) is 12.8 Å². The SMILES string of the molecule is Cl.Cl.O=C(Nc1ccsc1C(=O)NC1CC2CCC(C1)N2)c1ccncc1. The van der Waals surface area contributed by atoms with Gasteiger partial charge in [-0.3, -0.25) is 14.6 Å². The predicted molar refractivity (Wildman–Crippen MR) is 111 cm³/mol. The second-order valence-corrected chi connectivity index (χ2v) is 7.55. The number of fused-ring (bicyclic) bond motifs is 2.